The number of rotatable bonds is 5. The van der Waals surface area contributed by atoms with Crippen LogP contribution >= 0.6 is 0 Å². The first-order valence-electron chi connectivity index (χ1n) is 9.09. The number of aliphatic hydroxyl groups excluding tert-OH is 1. The van der Waals surface area contributed by atoms with Crippen LogP contribution in [0.5, 0.6) is 0 Å². The van der Waals surface area contributed by atoms with E-state index in [9.17, 15) is 0 Å². The van der Waals surface area contributed by atoms with Gasteiger partial charge in [-0.05, 0) is 49.8 Å². The van der Waals surface area contributed by atoms with Gasteiger partial charge in [-0.15, -0.1) is 0 Å². The van der Waals surface area contributed by atoms with Crippen molar-refractivity contribution in [2.45, 2.75) is 38.3 Å². The number of aliphatic hydroxyl groups is 1. The van der Waals surface area contributed by atoms with Crippen LogP contribution in [0.4, 0.5) is 0 Å². The summed E-state index contributed by atoms with van der Waals surface area (Å²) in [4.78, 5) is 0. The predicted octanol–water partition coefficient (Wildman–Crippen LogP) is 2.58. The van der Waals surface area contributed by atoms with E-state index in [0.29, 0.717) is 18.5 Å². The Labute approximate surface area is 147 Å². The van der Waals surface area contributed by atoms with Crippen LogP contribution in [-0.2, 0) is 6.54 Å². The third-order valence-corrected chi connectivity index (χ3v) is 5.34. The molecule has 3 aromatic rings. The standard InChI is InChI=1S/C19H25N5O/c20-10-14-1-5-18(6-2-14)24-13-16-4-3-15(9-19(16)22-24)17-11-21-23(12-17)7-8-25/h3-4,9,11-14,18,25H,1-2,5-8,10,20H2/t14-,18-. The maximum atomic E-state index is 9.02. The molecule has 2 heterocycles. The molecule has 132 valence electrons. The van der Waals surface area contributed by atoms with Crippen LogP contribution in [0.1, 0.15) is 31.7 Å². The molecule has 4 rings (SSSR count). The summed E-state index contributed by atoms with van der Waals surface area (Å²) in [5.74, 6) is 0.684. The van der Waals surface area contributed by atoms with E-state index in [2.05, 4.69) is 34.2 Å². The zero-order chi connectivity index (χ0) is 17.2. The summed E-state index contributed by atoms with van der Waals surface area (Å²) in [6.07, 6.45) is 10.7. The molecule has 0 atom stereocenters. The second kappa shape index (κ2) is 6.98. The van der Waals surface area contributed by atoms with Gasteiger partial charge in [0.05, 0.1) is 30.9 Å². The third kappa shape index (κ3) is 3.32. The van der Waals surface area contributed by atoms with Gasteiger partial charge in [0.2, 0.25) is 0 Å². The number of hydrogen-bond donors (Lipinski definition) is 2. The van der Waals surface area contributed by atoms with E-state index in [4.69, 9.17) is 15.9 Å². The van der Waals surface area contributed by atoms with Crippen molar-refractivity contribution in [3.63, 3.8) is 0 Å². The van der Waals surface area contributed by atoms with E-state index in [1.807, 2.05) is 12.4 Å². The quantitative estimate of drug-likeness (QED) is 0.748. The second-order valence-electron chi connectivity index (χ2n) is 7.01. The molecule has 1 aliphatic carbocycles. The minimum absolute atomic E-state index is 0.0942. The molecule has 1 fully saturated rings. The molecule has 0 unspecified atom stereocenters. The van der Waals surface area contributed by atoms with E-state index in [-0.39, 0.29) is 6.61 Å². The summed E-state index contributed by atoms with van der Waals surface area (Å²) >= 11 is 0. The zero-order valence-corrected chi connectivity index (χ0v) is 14.4. The fourth-order valence-corrected chi connectivity index (χ4v) is 3.78. The molecule has 3 N–H and O–H groups in total. The zero-order valence-electron chi connectivity index (χ0n) is 14.4. The number of benzene rings is 1. The van der Waals surface area contributed by atoms with Crippen LogP contribution in [-0.4, -0.2) is 37.8 Å². The summed E-state index contributed by atoms with van der Waals surface area (Å²) in [6.45, 7) is 1.42. The first-order valence-corrected chi connectivity index (χ1v) is 9.09. The van der Waals surface area contributed by atoms with Crippen molar-refractivity contribution in [3.05, 3.63) is 36.8 Å². The molecule has 0 aliphatic heterocycles. The second-order valence-corrected chi connectivity index (χ2v) is 7.01. The summed E-state index contributed by atoms with van der Waals surface area (Å²) in [7, 11) is 0. The van der Waals surface area contributed by atoms with Crippen LogP contribution in [0, 0.1) is 5.92 Å². The fraction of sp³-hybridized carbons (Fsp3) is 0.474. The van der Waals surface area contributed by atoms with Gasteiger partial charge in [0, 0.05) is 23.3 Å². The predicted molar refractivity (Wildman–Crippen MR) is 98.1 cm³/mol. The lowest BCUT2D eigenvalue weighted by molar-refractivity contribution is 0.266. The van der Waals surface area contributed by atoms with Crippen LogP contribution in [0.25, 0.3) is 22.0 Å². The molecule has 2 aromatic heterocycles. The molecule has 0 radical (unpaired) electrons. The number of nitrogens with two attached hydrogens (primary N) is 1. The van der Waals surface area contributed by atoms with Crippen molar-refractivity contribution >= 4 is 10.9 Å². The Kier molecular flexibility index (Phi) is 4.55. The Morgan fingerprint density at radius 2 is 1.96 bits per heavy atom. The first-order chi connectivity index (χ1) is 12.3. The first kappa shape index (κ1) is 16.3. The SMILES string of the molecule is NC[C@H]1CC[C@H](n2cc3ccc(-c4cnn(CCO)c4)cc3n2)CC1. The van der Waals surface area contributed by atoms with E-state index in [1.54, 1.807) is 4.68 Å². The molecule has 1 aliphatic rings. The average Bonchev–Trinajstić information content (AvgIpc) is 3.28. The Morgan fingerprint density at radius 1 is 1.12 bits per heavy atom. The highest BCUT2D eigenvalue weighted by atomic mass is 16.3. The fourth-order valence-electron chi connectivity index (χ4n) is 3.78. The van der Waals surface area contributed by atoms with Gasteiger partial charge in [0.1, 0.15) is 0 Å². The van der Waals surface area contributed by atoms with E-state index < -0.39 is 0 Å². The molecule has 0 bridgehead atoms. The van der Waals surface area contributed by atoms with Gasteiger partial charge in [-0.2, -0.15) is 10.2 Å². The van der Waals surface area contributed by atoms with Crippen molar-refractivity contribution in [2.24, 2.45) is 11.7 Å². The summed E-state index contributed by atoms with van der Waals surface area (Å²) < 4.78 is 3.91. The average molecular weight is 339 g/mol. The molecule has 0 saturated heterocycles. The maximum absolute atomic E-state index is 9.02. The number of hydrogen-bond acceptors (Lipinski definition) is 4. The van der Waals surface area contributed by atoms with Crippen LogP contribution < -0.4 is 5.73 Å². The van der Waals surface area contributed by atoms with Gasteiger partial charge < -0.3 is 10.8 Å². The molecule has 1 saturated carbocycles. The molecule has 0 amide bonds. The van der Waals surface area contributed by atoms with Crippen LogP contribution in [0.15, 0.2) is 36.8 Å². The van der Waals surface area contributed by atoms with Gasteiger partial charge in [0.15, 0.2) is 0 Å². The van der Waals surface area contributed by atoms with Gasteiger partial charge in [-0.3, -0.25) is 9.36 Å². The van der Waals surface area contributed by atoms with Crippen molar-refractivity contribution in [3.8, 4) is 11.1 Å². The molecule has 0 spiro atoms. The Bertz CT molecular complexity index is 844. The van der Waals surface area contributed by atoms with E-state index >= 15 is 0 Å². The van der Waals surface area contributed by atoms with Gasteiger partial charge in [-0.1, -0.05) is 12.1 Å². The molecule has 6 heteroatoms. The highest BCUT2D eigenvalue weighted by molar-refractivity contribution is 5.83. The maximum Gasteiger partial charge on any atom is 0.0929 e. The van der Waals surface area contributed by atoms with Gasteiger partial charge in [-0.25, -0.2) is 0 Å². The van der Waals surface area contributed by atoms with Crippen LogP contribution in [0.3, 0.4) is 0 Å². The van der Waals surface area contributed by atoms with Crippen molar-refractivity contribution in [1.29, 1.82) is 0 Å². The Balaban J connectivity index is 1.57. The van der Waals surface area contributed by atoms with Crippen molar-refractivity contribution in [1.82, 2.24) is 19.6 Å². The van der Waals surface area contributed by atoms with E-state index in [1.165, 1.54) is 18.2 Å². The molecular formula is C19H25N5O. The highest BCUT2D eigenvalue weighted by Gasteiger charge is 2.22. The molecule has 6 nitrogen and oxygen atoms in total. The Morgan fingerprint density at radius 3 is 2.72 bits per heavy atom. The van der Waals surface area contributed by atoms with Crippen LogP contribution in [0.2, 0.25) is 0 Å². The molecule has 25 heavy (non-hydrogen) atoms. The van der Waals surface area contributed by atoms with Gasteiger partial charge >= 0.3 is 0 Å². The summed E-state index contributed by atoms with van der Waals surface area (Å²) in [5, 5.41) is 19.3. The minimum Gasteiger partial charge on any atom is -0.394 e. The van der Waals surface area contributed by atoms with Gasteiger partial charge in [0.25, 0.3) is 0 Å². The lowest BCUT2D eigenvalue weighted by Gasteiger charge is -2.27. The lowest BCUT2D eigenvalue weighted by Crippen LogP contribution is -2.23. The monoisotopic (exact) mass is 339 g/mol. The third-order valence-electron chi connectivity index (χ3n) is 5.34. The summed E-state index contributed by atoms with van der Waals surface area (Å²) in [5.41, 5.74) is 8.97. The van der Waals surface area contributed by atoms with E-state index in [0.717, 1.165) is 36.0 Å². The topological polar surface area (TPSA) is 81.9 Å². The minimum atomic E-state index is 0.0942. The lowest BCUT2D eigenvalue weighted by atomic mass is 9.86. The summed E-state index contributed by atoms with van der Waals surface area (Å²) in [6, 6.07) is 6.85. The smallest absolute Gasteiger partial charge is 0.0929 e. The molecular weight excluding hydrogens is 314 g/mol. The Hall–Kier alpha value is -2.18. The van der Waals surface area contributed by atoms with Crippen molar-refractivity contribution < 1.29 is 5.11 Å². The number of nitrogens with zero attached hydrogens (tertiary/aromatic N) is 4. The number of fused-ring (bicyclic) bond motifs is 1. The largest absolute Gasteiger partial charge is 0.394 e. The molecule has 1 aromatic carbocycles. The van der Waals surface area contributed by atoms with Crippen molar-refractivity contribution in [2.75, 3.05) is 13.2 Å². The number of aromatic nitrogens is 4. The highest BCUT2D eigenvalue weighted by Crippen LogP contribution is 2.32. The normalized spacial score (nSPS) is 21.0.